The molecule has 0 spiro atoms. The lowest BCUT2D eigenvalue weighted by Gasteiger charge is -2.30. The fourth-order valence-electron chi connectivity index (χ4n) is 4.50. The molecule has 2 aromatic carbocycles. The summed E-state index contributed by atoms with van der Waals surface area (Å²) in [5.41, 5.74) is 9.65. The van der Waals surface area contributed by atoms with Crippen LogP contribution in [0.1, 0.15) is 123 Å². The summed E-state index contributed by atoms with van der Waals surface area (Å²) in [6.45, 7) is 28.0. The molecule has 0 unspecified atom stereocenters. The summed E-state index contributed by atoms with van der Waals surface area (Å²) < 4.78 is 0. The van der Waals surface area contributed by atoms with Crippen LogP contribution in [0.15, 0.2) is 36.4 Å². The molecule has 0 fully saturated rings. The van der Waals surface area contributed by atoms with E-state index >= 15 is 0 Å². The van der Waals surface area contributed by atoms with E-state index in [1.807, 2.05) is 0 Å². The highest BCUT2D eigenvalue weighted by molar-refractivity contribution is 5.41. The standard InChI is InChI=1S/C31H48/c1-28(2,3)24-17-19-25(29(4,5)6)23(21-24)15-13-14-22-16-18-26(30(7,8)9)27(20-22)31(10,11)12/h16-21H,13-15H2,1-12H3. The van der Waals surface area contributed by atoms with Gasteiger partial charge in [0.05, 0.1) is 0 Å². The van der Waals surface area contributed by atoms with Gasteiger partial charge in [0.2, 0.25) is 0 Å². The van der Waals surface area contributed by atoms with Crippen molar-refractivity contribution in [3.05, 3.63) is 69.8 Å². The molecule has 0 nitrogen and oxygen atoms in total. The minimum Gasteiger partial charge on any atom is -0.0587 e. The maximum absolute atomic E-state index is 2.48. The van der Waals surface area contributed by atoms with E-state index in [-0.39, 0.29) is 21.7 Å². The van der Waals surface area contributed by atoms with Gasteiger partial charge in [-0.05, 0) is 74.3 Å². The minimum atomic E-state index is 0.166. The Labute approximate surface area is 193 Å². The van der Waals surface area contributed by atoms with Crippen molar-refractivity contribution in [1.82, 2.24) is 0 Å². The van der Waals surface area contributed by atoms with Crippen molar-refractivity contribution < 1.29 is 0 Å². The summed E-state index contributed by atoms with van der Waals surface area (Å²) in [5, 5.41) is 0. The third-order valence-electron chi connectivity index (χ3n) is 6.39. The van der Waals surface area contributed by atoms with Crippen molar-refractivity contribution >= 4 is 0 Å². The third-order valence-corrected chi connectivity index (χ3v) is 6.39. The molecular weight excluding hydrogens is 372 g/mol. The maximum atomic E-state index is 2.48. The Morgan fingerprint density at radius 1 is 0.484 bits per heavy atom. The molecule has 0 radical (unpaired) electrons. The molecule has 0 aliphatic heterocycles. The molecule has 2 rings (SSSR count). The van der Waals surface area contributed by atoms with E-state index in [0.29, 0.717) is 0 Å². The molecule has 0 amide bonds. The molecule has 0 atom stereocenters. The van der Waals surface area contributed by atoms with Gasteiger partial charge in [-0.25, -0.2) is 0 Å². The lowest BCUT2D eigenvalue weighted by atomic mass is 9.74. The van der Waals surface area contributed by atoms with Gasteiger partial charge in [0, 0.05) is 0 Å². The van der Waals surface area contributed by atoms with Crippen molar-refractivity contribution in [3.63, 3.8) is 0 Å². The van der Waals surface area contributed by atoms with E-state index < -0.39 is 0 Å². The molecule has 0 N–H and O–H groups in total. The Balaban J connectivity index is 2.29. The zero-order valence-corrected chi connectivity index (χ0v) is 22.6. The lowest BCUT2D eigenvalue weighted by Crippen LogP contribution is -2.22. The molecular formula is C31H48. The van der Waals surface area contributed by atoms with Crippen molar-refractivity contribution in [2.45, 2.75) is 124 Å². The monoisotopic (exact) mass is 420 g/mol. The van der Waals surface area contributed by atoms with Crippen LogP contribution in [0, 0.1) is 0 Å². The predicted molar refractivity (Wildman–Crippen MR) is 140 cm³/mol. The van der Waals surface area contributed by atoms with Gasteiger partial charge in [0.25, 0.3) is 0 Å². The molecule has 0 aliphatic rings. The highest BCUT2D eigenvalue weighted by atomic mass is 14.3. The van der Waals surface area contributed by atoms with Crippen molar-refractivity contribution in [3.8, 4) is 0 Å². The molecule has 0 aromatic heterocycles. The molecule has 172 valence electrons. The largest absolute Gasteiger partial charge is 0.0587 e. The Kier molecular flexibility index (Phi) is 7.26. The maximum Gasteiger partial charge on any atom is -0.0129 e. The van der Waals surface area contributed by atoms with E-state index in [1.54, 1.807) is 0 Å². The normalized spacial score (nSPS) is 13.5. The first-order chi connectivity index (χ1) is 13.9. The summed E-state index contributed by atoms with van der Waals surface area (Å²) in [7, 11) is 0. The van der Waals surface area contributed by atoms with E-state index in [2.05, 4.69) is 119 Å². The molecule has 0 bridgehead atoms. The summed E-state index contributed by atoms with van der Waals surface area (Å²) in [6, 6.07) is 14.4. The zero-order chi connectivity index (χ0) is 23.8. The summed E-state index contributed by atoms with van der Waals surface area (Å²) in [4.78, 5) is 0. The highest BCUT2D eigenvalue weighted by Gasteiger charge is 2.25. The molecule has 31 heavy (non-hydrogen) atoms. The second-order valence-electron chi connectivity index (χ2n) is 13.6. The van der Waals surface area contributed by atoms with Gasteiger partial charge in [-0.2, -0.15) is 0 Å². The topological polar surface area (TPSA) is 0 Å². The van der Waals surface area contributed by atoms with Gasteiger partial charge >= 0.3 is 0 Å². The van der Waals surface area contributed by atoms with Gasteiger partial charge in [-0.1, -0.05) is 119 Å². The van der Waals surface area contributed by atoms with E-state index in [4.69, 9.17) is 0 Å². The summed E-state index contributed by atoms with van der Waals surface area (Å²) >= 11 is 0. The fourth-order valence-corrected chi connectivity index (χ4v) is 4.50. The van der Waals surface area contributed by atoms with Crippen molar-refractivity contribution in [2.75, 3.05) is 0 Å². The van der Waals surface area contributed by atoms with Crippen LogP contribution in [0.4, 0.5) is 0 Å². The number of rotatable bonds is 4. The number of benzene rings is 2. The van der Waals surface area contributed by atoms with Gasteiger partial charge in [0.15, 0.2) is 0 Å². The predicted octanol–water partition coefficient (Wildman–Crippen LogP) is 9.05. The van der Waals surface area contributed by atoms with E-state index in [9.17, 15) is 0 Å². The summed E-state index contributed by atoms with van der Waals surface area (Å²) in [5.74, 6) is 0. The van der Waals surface area contributed by atoms with Crippen molar-refractivity contribution in [1.29, 1.82) is 0 Å². The SMILES string of the molecule is CC(C)(C)c1ccc(C(C)(C)C)c(CCCc2ccc(C(C)(C)C)c(C(C)(C)C)c2)c1. The van der Waals surface area contributed by atoms with Crippen LogP contribution < -0.4 is 0 Å². The molecule has 2 aromatic rings. The van der Waals surface area contributed by atoms with Gasteiger partial charge in [-0.3, -0.25) is 0 Å². The second-order valence-corrected chi connectivity index (χ2v) is 13.6. The average molecular weight is 421 g/mol. The zero-order valence-electron chi connectivity index (χ0n) is 22.6. The van der Waals surface area contributed by atoms with Gasteiger partial charge in [0.1, 0.15) is 0 Å². The Hall–Kier alpha value is -1.56. The smallest absolute Gasteiger partial charge is 0.0129 e. The van der Waals surface area contributed by atoms with Crippen LogP contribution in [-0.4, -0.2) is 0 Å². The second kappa shape index (κ2) is 8.76. The molecule has 0 heteroatoms. The van der Waals surface area contributed by atoms with Crippen LogP contribution >= 0.6 is 0 Å². The Bertz CT molecular complexity index is 884. The van der Waals surface area contributed by atoms with Crippen molar-refractivity contribution in [2.24, 2.45) is 0 Å². The van der Waals surface area contributed by atoms with Crippen LogP contribution in [0.5, 0.6) is 0 Å². The van der Waals surface area contributed by atoms with E-state index in [1.165, 1.54) is 39.8 Å². The quantitative estimate of drug-likeness (QED) is 0.462. The number of aryl methyl sites for hydroxylation is 2. The van der Waals surface area contributed by atoms with Crippen LogP contribution in [0.3, 0.4) is 0 Å². The number of hydrogen-bond donors (Lipinski definition) is 0. The minimum absolute atomic E-state index is 0.166. The Morgan fingerprint density at radius 3 is 1.48 bits per heavy atom. The summed E-state index contributed by atoms with van der Waals surface area (Å²) in [6.07, 6.45) is 3.47. The molecule has 0 saturated carbocycles. The first-order valence-corrected chi connectivity index (χ1v) is 12.2. The van der Waals surface area contributed by atoms with Gasteiger partial charge in [-0.15, -0.1) is 0 Å². The Morgan fingerprint density at radius 2 is 1.00 bits per heavy atom. The average Bonchev–Trinajstić information content (AvgIpc) is 2.58. The van der Waals surface area contributed by atoms with Crippen LogP contribution in [-0.2, 0) is 34.5 Å². The number of hydrogen-bond acceptors (Lipinski definition) is 0. The first-order valence-electron chi connectivity index (χ1n) is 12.2. The highest BCUT2D eigenvalue weighted by Crippen LogP contribution is 2.35. The van der Waals surface area contributed by atoms with Gasteiger partial charge < -0.3 is 0 Å². The van der Waals surface area contributed by atoms with Crippen LogP contribution in [0.25, 0.3) is 0 Å². The lowest BCUT2D eigenvalue weighted by molar-refractivity contribution is 0.529. The van der Waals surface area contributed by atoms with Crippen LogP contribution in [0.2, 0.25) is 0 Å². The third kappa shape index (κ3) is 6.71. The molecule has 0 heterocycles. The fraction of sp³-hybridized carbons (Fsp3) is 0.613. The molecule has 0 aliphatic carbocycles. The first kappa shape index (κ1) is 25.7. The molecule has 0 saturated heterocycles. The van der Waals surface area contributed by atoms with E-state index in [0.717, 1.165) is 12.8 Å².